The standard InChI is InChI=1S/C40H41ClN4O6Si/c1-24-37(52(2,3)50)35(20-36(47)43-22-27-11-5-4-10-26(27)18-30(43)23-46)51-40(24)32-19-28(41)15-16-34(32)44(39(40)49)21-25-9-8-12-29(17-25)45-38(48)31-13-6-7-14-33(31)42-45/h4-17,19,24,30,35,37,42,46,50H,18,20-23H2,1-3H3/t24-,30-,35+,37-,40+/m0/s1. The van der Waals surface area contributed by atoms with E-state index in [0.29, 0.717) is 40.3 Å². The number of benzene rings is 4. The van der Waals surface area contributed by atoms with Crippen molar-refractivity contribution in [3.8, 4) is 5.69 Å². The van der Waals surface area contributed by atoms with Crippen LogP contribution in [-0.4, -0.2) is 63.5 Å². The highest BCUT2D eigenvalue weighted by atomic mass is 35.5. The molecule has 3 aliphatic heterocycles. The van der Waals surface area contributed by atoms with Crippen LogP contribution in [0.15, 0.2) is 95.8 Å². The predicted molar refractivity (Wildman–Crippen MR) is 202 cm³/mol. The Morgan fingerprint density at radius 3 is 2.50 bits per heavy atom. The highest BCUT2D eigenvalue weighted by Crippen LogP contribution is 2.60. The fraction of sp³-hybridized carbons (Fsp3) is 0.325. The number of amides is 2. The fourth-order valence-electron chi connectivity index (χ4n) is 8.96. The summed E-state index contributed by atoms with van der Waals surface area (Å²) in [6.45, 7) is 5.97. The number of nitrogens with zero attached hydrogens (tertiary/aromatic N) is 3. The quantitative estimate of drug-likeness (QED) is 0.185. The van der Waals surface area contributed by atoms with Gasteiger partial charge in [-0.25, -0.2) is 4.68 Å². The maximum absolute atomic E-state index is 15.0. The van der Waals surface area contributed by atoms with E-state index in [1.54, 1.807) is 28.0 Å². The van der Waals surface area contributed by atoms with E-state index < -0.39 is 31.5 Å². The molecule has 3 aliphatic rings. The van der Waals surface area contributed by atoms with Gasteiger partial charge in [0, 0.05) is 28.6 Å². The zero-order chi connectivity index (χ0) is 36.5. The van der Waals surface area contributed by atoms with E-state index in [0.717, 1.165) is 22.2 Å². The number of hydrogen-bond donors (Lipinski definition) is 3. The molecule has 0 radical (unpaired) electrons. The number of halogens is 1. The van der Waals surface area contributed by atoms with Crippen LogP contribution in [0, 0.1) is 5.92 Å². The third-order valence-corrected chi connectivity index (χ3v) is 14.0. The molecule has 52 heavy (non-hydrogen) atoms. The van der Waals surface area contributed by atoms with E-state index in [4.69, 9.17) is 16.3 Å². The molecule has 5 aromatic rings. The van der Waals surface area contributed by atoms with Crippen molar-refractivity contribution in [3.05, 3.63) is 129 Å². The van der Waals surface area contributed by atoms with Gasteiger partial charge in [-0.2, -0.15) is 0 Å². The number of rotatable bonds is 7. The van der Waals surface area contributed by atoms with Gasteiger partial charge in [-0.3, -0.25) is 19.5 Å². The molecule has 0 bridgehead atoms. The maximum atomic E-state index is 15.0. The lowest BCUT2D eigenvalue weighted by Gasteiger charge is -2.37. The van der Waals surface area contributed by atoms with Gasteiger partial charge >= 0.3 is 0 Å². The highest BCUT2D eigenvalue weighted by molar-refractivity contribution is 6.71. The summed E-state index contributed by atoms with van der Waals surface area (Å²) in [6.07, 6.45) is -0.251. The van der Waals surface area contributed by atoms with Gasteiger partial charge < -0.3 is 24.4 Å². The summed E-state index contributed by atoms with van der Waals surface area (Å²) < 4.78 is 8.43. The predicted octanol–water partition coefficient (Wildman–Crippen LogP) is 5.65. The molecule has 5 atom stereocenters. The first-order chi connectivity index (χ1) is 24.9. The summed E-state index contributed by atoms with van der Waals surface area (Å²) in [5.41, 5.74) is 3.44. The maximum Gasteiger partial charge on any atom is 0.279 e. The first-order valence-corrected chi connectivity index (χ1v) is 21.1. The van der Waals surface area contributed by atoms with Crippen molar-refractivity contribution in [2.45, 2.75) is 69.2 Å². The Labute approximate surface area is 307 Å². The van der Waals surface area contributed by atoms with E-state index in [9.17, 15) is 24.3 Å². The Kier molecular flexibility index (Phi) is 8.54. The van der Waals surface area contributed by atoms with Crippen LogP contribution < -0.4 is 10.5 Å². The number of aromatic nitrogens is 2. The Balaban J connectivity index is 1.13. The molecule has 1 fully saturated rings. The monoisotopic (exact) mass is 736 g/mol. The van der Waals surface area contributed by atoms with Gasteiger partial charge in [-0.15, -0.1) is 0 Å². The second kappa shape index (κ2) is 12.9. The number of aliphatic hydroxyl groups excluding tert-OH is 1. The van der Waals surface area contributed by atoms with E-state index in [1.165, 1.54) is 4.68 Å². The first kappa shape index (κ1) is 34.6. The van der Waals surface area contributed by atoms with Crippen LogP contribution in [0.2, 0.25) is 23.7 Å². The van der Waals surface area contributed by atoms with Gasteiger partial charge in [0.15, 0.2) is 13.9 Å². The Bertz CT molecular complexity index is 2280. The molecule has 4 aromatic carbocycles. The van der Waals surface area contributed by atoms with Gasteiger partial charge in [-0.05, 0) is 78.7 Å². The SMILES string of the molecule is C[C@H]1[C@H]([Si](C)(C)O)[C@@H](CC(=O)N2Cc3ccccc3C[C@H]2CO)O[C@]12C(=O)N(Cc1cccc(-n3[nH]c4ccccc4c3=O)c1)c1ccc(Cl)cc12. The molecule has 8 rings (SSSR count). The summed E-state index contributed by atoms with van der Waals surface area (Å²) in [6, 6.07) is 27.7. The smallest absolute Gasteiger partial charge is 0.279 e. The Morgan fingerprint density at radius 1 is 1.00 bits per heavy atom. The minimum absolute atomic E-state index is 0.0448. The highest BCUT2D eigenvalue weighted by Gasteiger charge is 2.66. The first-order valence-electron chi connectivity index (χ1n) is 17.7. The largest absolute Gasteiger partial charge is 0.432 e. The normalized spacial score (nSPS) is 24.2. The minimum atomic E-state index is -3.05. The van der Waals surface area contributed by atoms with Gasteiger partial charge in [0.2, 0.25) is 5.91 Å². The molecule has 2 amide bonds. The zero-order valence-electron chi connectivity index (χ0n) is 29.3. The number of aliphatic hydroxyl groups is 1. The number of hydrogen-bond acceptors (Lipinski definition) is 6. The number of anilines is 1. The number of nitrogens with one attached hydrogen (secondary N) is 1. The van der Waals surface area contributed by atoms with Crippen molar-refractivity contribution in [2.24, 2.45) is 5.92 Å². The summed E-state index contributed by atoms with van der Waals surface area (Å²) in [4.78, 5) is 57.5. The van der Waals surface area contributed by atoms with Gasteiger partial charge in [0.25, 0.3) is 11.5 Å². The average molecular weight is 737 g/mol. The zero-order valence-corrected chi connectivity index (χ0v) is 31.0. The Morgan fingerprint density at radius 2 is 1.75 bits per heavy atom. The molecule has 268 valence electrons. The number of para-hydroxylation sites is 1. The van der Waals surface area contributed by atoms with Crippen molar-refractivity contribution in [3.63, 3.8) is 0 Å². The van der Waals surface area contributed by atoms with E-state index in [2.05, 4.69) is 5.10 Å². The third-order valence-electron chi connectivity index (χ3n) is 11.3. The molecule has 0 unspecified atom stereocenters. The van der Waals surface area contributed by atoms with Crippen LogP contribution >= 0.6 is 11.6 Å². The lowest BCUT2D eigenvalue weighted by atomic mass is 9.82. The van der Waals surface area contributed by atoms with Crippen LogP contribution in [0.1, 0.15) is 35.6 Å². The molecule has 10 nitrogen and oxygen atoms in total. The van der Waals surface area contributed by atoms with Crippen molar-refractivity contribution in [1.29, 1.82) is 0 Å². The van der Waals surface area contributed by atoms with Gasteiger partial charge in [-0.1, -0.05) is 67.1 Å². The summed E-state index contributed by atoms with van der Waals surface area (Å²) >= 11 is 6.60. The van der Waals surface area contributed by atoms with Crippen molar-refractivity contribution in [1.82, 2.24) is 14.7 Å². The van der Waals surface area contributed by atoms with Crippen molar-refractivity contribution in [2.75, 3.05) is 11.5 Å². The molecule has 1 spiro atoms. The van der Waals surface area contributed by atoms with Crippen LogP contribution in [0.25, 0.3) is 16.6 Å². The molecule has 12 heteroatoms. The number of carbonyl (C=O) groups is 2. The number of H-pyrrole nitrogens is 1. The summed E-state index contributed by atoms with van der Waals surface area (Å²) in [5.74, 6) is -0.967. The van der Waals surface area contributed by atoms with Crippen LogP contribution in [0.3, 0.4) is 0 Å². The molecule has 1 saturated heterocycles. The number of fused-ring (bicyclic) bond motifs is 4. The van der Waals surface area contributed by atoms with Crippen LogP contribution in [0.5, 0.6) is 0 Å². The topological polar surface area (TPSA) is 128 Å². The fourth-order valence-corrected chi connectivity index (χ4v) is 11.7. The second-order valence-electron chi connectivity index (χ2n) is 14.9. The summed E-state index contributed by atoms with van der Waals surface area (Å²) in [7, 11) is -3.05. The minimum Gasteiger partial charge on any atom is -0.432 e. The summed E-state index contributed by atoms with van der Waals surface area (Å²) in [5, 5.41) is 14.5. The van der Waals surface area contributed by atoms with Crippen molar-refractivity contribution < 1.29 is 24.2 Å². The molecule has 3 N–H and O–H groups in total. The lowest BCUT2D eigenvalue weighted by molar-refractivity contribution is -0.151. The Hall–Kier alpha value is -4.52. The lowest BCUT2D eigenvalue weighted by Crippen LogP contribution is -2.48. The van der Waals surface area contributed by atoms with Crippen LogP contribution in [-0.2, 0) is 39.4 Å². The number of ether oxygens (including phenoxy) is 1. The molecule has 0 saturated carbocycles. The molecular formula is C40H41ClN4O6Si. The number of aromatic amines is 1. The number of carbonyl (C=O) groups excluding carboxylic acids is 2. The van der Waals surface area contributed by atoms with E-state index >= 15 is 0 Å². The molecule has 4 heterocycles. The van der Waals surface area contributed by atoms with E-state index in [1.807, 2.05) is 92.8 Å². The second-order valence-corrected chi connectivity index (χ2v) is 19.3. The molecular weight excluding hydrogens is 696 g/mol. The molecule has 0 aliphatic carbocycles. The van der Waals surface area contributed by atoms with E-state index in [-0.39, 0.29) is 43.0 Å². The van der Waals surface area contributed by atoms with Gasteiger partial charge in [0.1, 0.15) is 0 Å². The van der Waals surface area contributed by atoms with Crippen LogP contribution in [0.4, 0.5) is 5.69 Å². The average Bonchev–Trinajstić information content (AvgIpc) is 3.70. The third kappa shape index (κ3) is 5.54. The molecule has 1 aromatic heterocycles. The van der Waals surface area contributed by atoms with Gasteiger partial charge in [0.05, 0.1) is 54.0 Å². The van der Waals surface area contributed by atoms with Crippen molar-refractivity contribution >= 4 is 48.3 Å².